The number of nitrogens with one attached hydrogen (secondary N) is 1. The number of H-pyrrole nitrogens is 1. The van der Waals surface area contributed by atoms with Gasteiger partial charge in [0.1, 0.15) is 54.5 Å². The number of halogens is 2. The third kappa shape index (κ3) is 15.5. The van der Waals surface area contributed by atoms with E-state index in [1.165, 1.54) is 60.3 Å². The summed E-state index contributed by atoms with van der Waals surface area (Å²) in [6, 6.07) is 23.5. The van der Waals surface area contributed by atoms with E-state index >= 15 is 0 Å². The van der Waals surface area contributed by atoms with Crippen molar-refractivity contribution in [3.8, 4) is 80.6 Å². The number of ether oxygens (including phenoxy) is 6. The Hall–Kier alpha value is -8.50. The molecule has 19 nitrogen and oxygen atoms in total. The summed E-state index contributed by atoms with van der Waals surface area (Å²) >= 11 is 0. The van der Waals surface area contributed by atoms with E-state index in [4.69, 9.17) is 28.4 Å². The number of methoxy groups -OCH3 is 1. The molecular formula is C55H60F2N10O9Si. The van der Waals surface area contributed by atoms with Gasteiger partial charge in [-0.1, -0.05) is 31.8 Å². The molecule has 8 aromatic rings. The summed E-state index contributed by atoms with van der Waals surface area (Å²) in [6.45, 7) is 18.3. The molecule has 0 unspecified atom stereocenters. The van der Waals surface area contributed by atoms with Crippen LogP contribution in [0, 0.1) is 36.3 Å². The summed E-state index contributed by atoms with van der Waals surface area (Å²) in [5.74, 6) is 0.392. The number of aryl methyl sites for hydroxylation is 2. The van der Waals surface area contributed by atoms with Gasteiger partial charge < -0.3 is 33.5 Å². The minimum absolute atomic E-state index is 0.00835. The van der Waals surface area contributed by atoms with E-state index < -0.39 is 24.9 Å². The lowest BCUT2D eigenvalue weighted by atomic mass is 9.95. The molecule has 0 aliphatic rings. The molecule has 0 aliphatic heterocycles. The number of aliphatic carboxylic acids is 1. The number of aromatic amines is 1. The maximum Gasteiger partial charge on any atom is 0.341 e. The lowest BCUT2D eigenvalue weighted by molar-refractivity contribution is -0.152. The number of esters is 1. The van der Waals surface area contributed by atoms with Crippen molar-refractivity contribution in [1.29, 1.82) is 0 Å². The third-order valence-corrected chi connectivity index (χ3v) is 13.3. The molecule has 0 atom stereocenters. The van der Waals surface area contributed by atoms with Gasteiger partial charge in [-0.05, 0) is 119 Å². The molecule has 0 amide bonds. The Balaban J connectivity index is 0.000000230. The van der Waals surface area contributed by atoms with Crippen LogP contribution in [0.15, 0.2) is 110 Å². The third-order valence-electron chi connectivity index (χ3n) is 11.6. The number of carbonyl (C=O) groups is 2. The Labute approximate surface area is 445 Å². The molecule has 6 heterocycles. The van der Waals surface area contributed by atoms with Crippen molar-refractivity contribution in [2.75, 3.05) is 26.9 Å². The molecule has 0 saturated carbocycles. The van der Waals surface area contributed by atoms with E-state index in [2.05, 4.69) is 64.8 Å². The first-order chi connectivity index (χ1) is 36.5. The Morgan fingerprint density at radius 2 is 1.22 bits per heavy atom. The number of pyridine rings is 4. The van der Waals surface area contributed by atoms with E-state index in [-0.39, 0.29) is 49.6 Å². The number of carboxylic acids is 1. The fraction of sp³-hybridized carbons (Fsp3) is 0.309. The second-order valence-electron chi connectivity index (χ2n) is 20.3. The Morgan fingerprint density at radius 3 is 1.71 bits per heavy atom. The van der Waals surface area contributed by atoms with Gasteiger partial charge in [0.05, 0.1) is 17.9 Å². The van der Waals surface area contributed by atoms with Gasteiger partial charge in [0.25, 0.3) is 0 Å². The van der Waals surface area contributed by atoms with E-state index in [1.54, 1.807) is 64.6 Å². The first kappa shape index (κ1) is 56.2. The molecule has 0 bridgehead atoms. The van der Waals surface area contributed by atoms with Crippen LogP contribution in [0.25, 0.3) is 45.3 Å². The van der Waals surface area contributed by atoms with Crippen LogP contribution < -0.4 is 18.9 Å². The van der Waals surface area contributed by atoms with Crippen molar-refractivity contribution in [2.24, 2.45) is 10.8 Å². The number of benzene rings is 2. The van der Waals surface area contributed by atoms with E-state index in [0.717, 1.165) is 39.4 Å². The van der Waals surface area contributed by atoms with Crippen LogP contribution in [0.4, 0.5) is 8.78 Å². The highest BCUT2D eigenvalue weighted by Gasteiger charge is 2.30. The Kier molecular flexibility index (Phi) is 17.9. The molecule has 0 saturated heterocycles. The van der Waals surface area contributed by atoms with Crippen LogP contribution in [0.3, 0.4) is 0 Å². The van der Waals surface area contributed by atoms with Gasteiger partial charge in [0.2, 0.25) is 17.6 Å². The van der Waals surface area contributed by atoms with Crippen LogP contribution in [-0.2, 0) is 25.8 Å². The van der Waals surface area contributed by atoms with Crippen LogP contribution >= 0.6 is 0 Å². The fourth-order valence-electron chi connectivity index (χ4n) is 6.86. The van der Waals surface area contributed by atoms with Gasteiger partial charge >= 0.3 is 24.0 Å². The molecule has 77 heavy (non-hydrogen) atoms. The summed E-state index contributed by atoms with van der Waals surface area (Å²) < 4.78 is 61.5. The predicted molar refractivity (Wildman–Crippen MR) is 284 cm³/mol. The van der Waals surface area contributed by atoms with Crippen LogP contribution in [0.5, 0.6) is 35.3 Å². The van der Waals surface area contributed by atoms with Crippen molar-refractivity contribution in [3.05, 3.63) is 132 Å². The number of rotatable bonds is 21. The zero-order chi connectivity index (χ0) is 55.5. The molecule has 2 aromatic carbocycles. The van der Waals surface area contributed by atoms with Gasteiger partial charge in [-0.25, -0.2) is 18.7 Å². The first-order valence-electron chi connectivity index (χ1n) is 24.3. The van der Waals surface area contributed by atoms with Crippen molar-refractivity contribution in [1.82, 2.24) is 49.9 Å². The molecule has 402 valence electrons. The van der Waals surface area contributed by atoms with Crippen LogP contribution in [0.1, 0.15) is 38.8 Å². The van der Waals surface area contributed by atoms with Gasteiger partial charge in [0.15, 0.2) is 5.82 Å². The van der Waals surface area contributed by atoms with Crippen molar-refractivity contribution in [2.45, 2.75) is 74.0 Å². The molecule has 8 rings (SSSR count). The number of hydrogen-bond acceptors (Lipinski definition) is 16. The maximum atomic E-state index is 13.4. The fourth-order valence-corrected chi connectivity index (χ4v) is 7.61. The average Bonchev–Trinajstić information content (AvgIpc) is 4.06. The van der Waals surface area contributed by atoms with Gasteiger partial charge in [-0.15, -0.1) is 10.2 Å². The van der Waals surface area contributed by atoms with Crippen molar-refractivity contribution < 1.29 is 51.9 Å². The highest BCUT2D eigenvalue weighted by Crippen LogP contribution is 2.31. The number of hydrogen-bond donors (Lipinski definition) is 2. The lowest BCUT2D eigenvalue weighted by Gasteiger charge is -2.21. The van der Waals surface area contributed by atoms with Crippen molar-refractivity contribution in [3.63, 3.8) is 0 Å². The highest BCUT2D eigenvalue weighted by molar-refractivity contribution is 6.76. The van der Waals surface area contributed by atoms with Crippen LogP contribution in [0.2, 0.25) is 25.7 Å². The second-order valence-corrected chi connectivity index (χ2v) is 25.9. The molecular weight excluding hydrogens is 1010 g/mol. The number of aromatic nitrogens is 10. The van der Waals surface area contributed by atoms with Gasteiger partial charge in [0, 0.05) is 73.9 Å². The first-order valence-corrected chi connectivity index (χ1v) is 28.0. The number of nitrogens with zero attached hydrogens (tertiary/aromatic N) is 9. The van der Waals surface area contributed by atoms with Crippen LogP contribution in [-0.4, -0.2) is 102 Å². The molecule has 0 radical (unpaired) electrons. The summed E-state index contributed by atoms with van der Waals surface area (Å²) in [5.41, 5.74) is 4.57. The minimum atomic E-state index is -1.26. The summed E-state index contributed by atoms with van der Waals surface area (Å²) in [4.78, 5) is 49.7. The zero-order valence-corrected chi connectivity index (χ0v) is 45.4. The highest BCUT2D eigenvalue weighted by atomic mass is 28.3. The quantitative estimate of drug-likeness (QED) is 0.0387. The molecule has 0 aliphatic carbocycles. The van der Waals surface area contributed by atoms with Crippen molar-refractivity contribution >= 4 is 20.0 Å². The maximum absolute atomic E-state index is 13.4. The summed E-state index contributed by atoms with van der Waals surface area (Å²) in [5, 5.41) is 20.6. The molecule has 2 N–H and O–H groups in total. The minimum Gasteiger partial charge on any atom is -0.481 e. The zero-order valence-electron chi connectivity index (χ0n) is 44.4. The summed E-state index contributed by atoms with van der Waals surface area (Å²) in [6.07, 6.45) is 6.80. The van der Waals surface area contributed by atoms with E-state index in [1.807, 2.05) is 38.1 Å². The predicted octanol–water partition coefficient (Wildman–Crippen LogP) is 11.2. The van der Waals surface area contributed by atoms with Gasteiger partial charge in [-0.3, -0.25) is 24.7 Å². The molecule has 0 spiro atoms. The second kappa shape index (κ2) is 24.4. The molecule has 22 heteroatoms. The average molecular weight is 1070 g/mol. The smallest absolute Gasteiger partial charge is 0.341 e. The topological polar surface area (TPSA) is 234 Å². The Morgan fingerprint density at radius 1 is 0.688 bits per heavy atom. The van der Waals surface area contributed by atoms with E-state index in [9.17, 15) is 23.5 Å². The van der Waals surface area contributed by atoms with Gasteiger partial charge in [-0.2, -0.15) is 14.6 Å². The normalized spacial score (nSPS) is 11.6. The molecule has 6 aromatic heterocycles. The standard InChI is InChI=1S/C31H38FN5O5Si.C24H22FN5O4/c1-21-16-27(41-19-31(2,3)29(38)39-4)34-18-25(21)22-8-13-26(33-17-22)28-35-30(42-24-11-9-23(32)10-12-24)37(36-28)20-40-14-15-43(5,6)7;1-14-10-20(33-13-24(2,3)22(31)32)27-12-18(14)15-4-9-19(26-11-15)21-28-23(30-29-21)34-17-7-5-16(25)6-8-17/h8-13,16-18H,14-15,19-20H2,1-7H3;4-12H,13H2,1-3H3,(H,31,32)(H,28,29,30). The molecule has 0 fully saturated rings. The number of carbonyl (C=O) groups excluding carboxylic acids is 1. The summed E-state index contributed by atoms with van der Waals surface area (Å²) in [7, 11) is 0.0983. The largest absolute Gasteiger partial charge is 0.481 e. The lowest BCUT2D eigenvalue weighted by Crippen LogP contribution is -2.32. The Bertz CT molecular complexity index is 3280. The SMILES string of the molecule is COC(=O)C(C)(C)COc1cc(C)c(-c2ccc(-c3nc(Oc4ccc(F)cc4)n(COCC[Si](C)(C)C)n3)nc2)cn1.Cc1cc(OCC(C)(C)C(=O)O)ncc1-c1ccc(-c2nc(Oc3ccc(F)cc3)n[nH]2)nc1. The van der Waals surface area contributed by atoms with E-state index in [0.29, 0.717) is 52.9 Å². The monoisotopic (exact) mass is 1070 g/mol. The number of carboxylic acid groups (broad SMARTS) is 1.